The molecule has 0 bridgehead atoms. The van der Waals surface area contributed by atoms with Crippen molar-refractivity contribution in [2.24, 2.45) is 0 Å². The molecule has 2 atom stereocenters. The van der Waals surface area contributed by atoms with Crippen molar-refractivity contribution in [2.75, 3.05) is 26.2 Å². The summed E-state index contributed by atoms with van der Waals surface area (Å²) < 4.78 is 0. The van der Waals surface area contributed by atoms with Crippen molar-refractivity contribution in [1.82, 2.24) is 10.2 Å². The minimum atomic E-state index is 0.657. The van der Waals surface area contributed by atoms with Crippen molar-refractivity contribution in [3.8, 4) is 0 Å². The fourth-order valence-corrected chi connectivity index (χ4v) is 3.02. The lowest BCUT2D eigenvalue weighted by molar-refractivity contribution is 0.190. The molecule has 2 heteroatoms. The molecule has 2 nitrogen and oxygen atoms in total. The topological polar surface area (TPSA) is 15.3 Å². The first-order chi connectivity index (χ1) is 7.83. The Hall–Kier alpha value is -0.860. The molecule has 1 aromatic carbocycles. The van der Waals surface area contributed by atoms with Crippen LogP contribution in [0.3, 0.4) is 0 Å². The molecule has 0 saturated carbocycles. The Morgan fingerprint density at radius 3 is 3.06 bits per heavy atom. The number of piperazine rings is 1. The summed E-state index contributed by atoms with van der Waals surface area (Å²) in [5.74, 6) is 0.793. The van der Waals surface area contributed by atoms with E-state index in [4.69, 9.17) is 0 Å². The molecule has 1 aromatic rings. The molecule has 1 fully saturated rings. The fourth-order valence-electron chi connectivity index (χ4n) is 3.02. The zero-order chi connectivity index (χ0) is 11.0. The van der Waals surface area contributed by atoms with E-state index in [0.29, 0.717) is 6.04 Å². The van der Waals surface area contributed by atoms with Crippen LogP contribution in [0.15, 0.2) is 24.3 Å². The van der Waals surface area contributed by atoms with Gasteiger partial charge in [0.1, 0.15) is 0 Å². The minimum Gasteiger partial charge on any atom is -0.312 e. The molecule has 1 heterocycles. The summed E-state index contributed by atoms with van der Waals surface area (Å²) in [5.41, 5.74) is 3.16. The zero-order valence-electron chi connectivity index (χ0n) is 9.95. The third-order valence-electron chi connectivity index (χ3n) is 3.89. The molecule has 1 aliphatic heterocycles. The average molecular weight is 216 g/mol. The summed E-state index contributed by atoms with van der Waals surface area (Å²) in [4.78, 5) is 2.61. The van der Waals surface area contributed by atoms with Crippen LogP contribution in [0.5, 0.6) is 0 Å². The highest BCUT2D eigenvalue weighted by Gasteiger charge is 2.28. The summed E-state index contributed by atoms with van der Waals surface area (Å²) in [6.45, 7) is 7.10. The van der Waals surface area contributed by atoms with Gasteiger partial charge in [-0.05, 0) is 24.5 Å². The summed E-state index contributed by atoms with van der Waals surface area (Å²) in [6, 6.07) is 9.55. The smallest absolute Gasteiger partial charge is 0.0167 e. The van der Waals surface area contributed by atoms with Crippen molar-refractivity contribution < 1.29 is 0 Å². The molecule has 3 rings (SSSR count). The lowest BCUT2D eigenvalue weighted by Crippen LogP contribution is -2.50. The molecule has 1 aliphatic carbocycles. The zero-order valence-corrected chi connectivity index (χ0v) is 9.95. The van der Waals surface area contributed by atoms with Gasteiger partial charge >= 0.3 is 0 Å². The van der Waals surface area contributed by atoms with Crippen LogP contribution in [0.4, 0.5) is 0 Å². The highest BCUT2D eigenvalue weighted by atomic mass is 15.2. The largest absolute Gasteiger partial charge is 0.312 e. The van der Waals surface area contributed by atoms with Gasteiger partial charge in [0.2, 0.25) is 0 Å². The van der Waals surface area contributed by atoms with E-state index in [1.54, 1.807) is 11.1 Å². The van der Waals surface area contributed by atoms with Gasteiger partial charge in [0.25, 0.3) is 0 Å². The minimum absolute atomic E-state index is 0.657. The maximum absolute atomic E-state index is 3.50. The Morgan fingerprint density at radius 1 is 1.38 bits per heavy atom. The number of nitrogens with one attached hydrogen (secondary N) is 1. The van der Waals surface area contributed by atoms with Gasteiger partial charge in [-0.15, -0.1) is 0 Å². The van der Waals surface area contributed by atoms with Crippen LogP contribution in [0.1, 0.15) is 24.0 Å². The number of hydrogen-bond donors (Lipinski definition) is 1. The third-order valence-corrected chi connectivity index (χ3v) is 3.89. The molecular formula is C14H20N2. The number of nitrogens with zero attached hydrogens (tertiary/aromatic N) is 1. The average Bonchev–Trinajstić information content (AvgIpc) is 2.26. The number of hydrogen-bond acceptors (Lipinski definition) is 2. The summed E-state index contributed by atoms with van der Waals surface area (Å²) in [5, 5.41) is 3.50. The quantitative estimate of drug-likeness (QED) is 0.808. The van der Waals surface area contributed by atoms with Gasteiger partial charge < -0.3 is 5.32 Å². The molecule has 86 valence electrons. The van der Waals surface area contributed by atoms with Crippen LogP contribution in [0.2, 0.25) is 0 Å². The van der Waals surface area contributed by atoms with E-state index in [-0.39, 0.29) is 0 Å². The maximum atomic E-state index is 3.50. The van der Waals surface area contributed by atoms with Crippen molar-refractivity contribution in [2.45, 2.75) is 25.3 Å². The van der Waals surface area contributed by atoms with Crippen molar-refractivity contribution in [3.63, 3.8) is 0 Å². The first-order valence-electron chi connectivity index (χ1n) is 6.36. The molecule has 0 radical (unpaired) electrons. The second-order valence-electron chi connectivity index (χ2n) is 5.21. The Kier molecular flexibility index (Phi) is 2.70. The maximum Gasteiger partial charge on any atom is 0.0167 e. The highest BCUT2D eigenvalue weighted by molar-refractivity contribution is 5.40. The highest BCUT2D eigenvalue weighted by Crippen LogP contribution is 2.35. The van der Waals surface area contributed by atoms with Gasteiger partial charge in [0.15, 0.2) is 0 Å². The molecule has 0 amide bonds. The Bertz CT molecular complexity index is 375. The van der Waals surface area contributed by atoms with Crippen LogP contribution in [-0.4, -0.2) is 37.1 Å². The van der Waals surface area contributed by atoms with Gasteiger partial charge in [-0.3, -0.25) is 4.90 Å². The van der Waals surface area contributed by atoms with E-state index in [2.05, 4.69) is 41.4 Å². The van der Waals surface area contributed by atoms with Gasteiger partial charge in [-0.2, -0.15) is 0 Å². The van der Waals surface area contributed by atoms with Crippen molar-refractivity contribution in [1.29, 1.82) is 0 Å². The summed E-state index contributed by atoms with van der Waals surface area (Å²) in [6.07, 6.45) is 1.29. The second-order valence-corrected chi connectivity index (χ2v) is 5.21. The predicted molar refractivity (Wildman–Crippen MR) is 66.8 cm³/mol. The second kappa shape index (κ2) is 4.19. The normalized spacial score (nSPS) is 29.6. The molecule has 1 saturated heterocycles. The monoisotopic (exact) mass is 216 g/mol. The molecule has 0 spiro atoms. The Labute approximate surface area is 97.6 Å². The molecule has 2 unspecified atom stereocenters. The van der Waals surface area contributed by atoms with E-state index in [1.807, 2.05) is 0 Å². The van der Waals surface area contributed by atoms with E-state index < -0.39 is 0 Å². The molecule has 0 aromatic heterocycles. The molecule has 2 aliphatic rings. The Balaban J connectivity index is 1.61. The molecule has 16 heavy (non-hydrogen) atoms. The van der Waals surface area contributed by atoms with E-state index >= 15 is 0 Å². The number of rotatable bonds is 2. The predicted octanol–water partition coefficient (Wildman–Crippen LogP) is 1.62. The van der Waals surface area contributed by atoms with Gasteiger partial charge in [-0.25, -0.2) is 0 Å². The van der Waals surface area contributed by atoms with Crippen molar-refractivity contribution in [3.05, 3.63) is 35.4 Å². The lowest BCUT2D eigenvalue weighted by Gasteiger charge is -2.38. The van der Waals surface area contributed by atoms with E-state index in [1.165, 1.54) is 26.1 Å². The van der Waals surface area contributed by atoms with E-state index in [0.717, 1.165) is 12.5 Å². The first kappa shape index (κ1) is 10.3. The summed E-state index contributed by atoms with van der Waals surface area (Å²) in [7, 11) is 0. The van der Waals surface area contributed by atoms with Crippen LogP contribution in [0.25, 0.3) is 0 Å². The van der Waals surface area contributed by atoms with Crippen LogP contribution in [-0.2, 0) is 6.42 Å². The SMILES string of the molecule is CC1CN(CC2Cc3ccccc32)CCN1. The first-order valence-corrected chi connectivity index (χ1v) is 6.36. The van der Waals surface area contributed by atoms with Gasteiger partial charge in [0, 0.05) is 38.1 Å². The molecule has 1 N–H and O–H groups in total. The number of benzene rings is 1. The third kappa shape index (κ3) is 1.87. The van der Waals surface area contributed by atoms with Gasteiger partial charge in [-0.1, -0.05) is 24.3 Å². The standard InChI is InChI=1S/C14H20N2/c1-11-9-16(7-6-15-11)10-13-8-12-4-2-3-5-14(12)13/h2-5,11,13,15H,6-10H2,1H3. The van der Waals surface area contributed by atoms with E-state index in [9.17, 15) is 0 Å². The number of fused-ring (bicyclic) bond motifs is 1. The molecular weight excluding hydrogens is 196 g/mol. The van der Waals surface area contributed by atoms with Crippen LogP contribution >= 0.6 is 0 Å². The van der Waals surface area contributed by atoms with Crippen LogP contribution in [0, 0.1) is 0 Å². The van der Waals surface area contributed by atoms with Crippen LogP contribution < -0.4 is 5.32 Å². The van der Waals surface area contributed by atoms with Crippen molar-refractivity contribution >= 4 is 0 Å². The fraction of sp³-hybridized carbons (Fsp3) is 0.571. The Morgan fingerprint density at radius 2 is 2.25 bits per heavy atom. The lowest BCUT2D eigenvalue weighted by atomic mass is 9.77. The van der Waals surface area contributed by atoms with Gasteiger partial charge in [0.05, 0.1) is 0 Å². The summed E-state index contributed by atoms with van der Waals surface area (Å²) >= 11 is 0.